The number of methoxy groups -OCH3 is 2. The standard InChI is InChI=1S/C22H28N4O3.ClH/c1-6-15(10-27-4)23-21-18-11-29-12-19(18)24-22-20(14(3)25-26(21)22)17-8-7-16(28-5)9-13(17)2;/h7-9,15,23H,6,10-12H2,1-5H3;1H/t15-;/m1./s1. The van der Waals surface area contributed by atoms with Crippen LogP contribution in [0.5, 0.6) is 5.75 Å². The highest BCUT2D eigenvalue weighted by atomic mass is 35.5. The van der Waals surface area contributed by atoms with Gasteiger partial charge in [0.25, 0.3) is 0 Å². The number of aromatic nitrogens is 3. The van der Waals surface area contributed by atoms with Crippen LogP contribution in [0.15, 0.2) is 18.2 Å². The molecule has 1 aromatic carbocycles. The van der Waals surface area contributed by atoms with Gasteiger partial charge in [0.05, 0.1) is 44.4 Å². The summed E-state index contributed by atoms with van der Waals surface area (Å²) in [6, 6.07) is 6.29. The summed E-state index contributed by atoms with van der Waals surface area (Å²) < 4.78 is 18.4. The Morgan fingerprint density at radius 1 is 1.23 bits per heavy atom. The predicted molar refractivity (Wildman–Crippen MR) is 120 cm³/mol. The molecule has 0 unspecified atom stereocenters. The third-order valence-corrected chi connectivity index (χ3v) is 5.51. The van der Waals surface area contributed by atoms with Crippen molar-refractivity contribution in [1.29, 1.82) is 0 Å². The van der Waals surface area contributed by atoms with E-state index in [0.29, 0.717) is 19.8 Å². The van der Waals surface area contributed by atoms with Gasteiger partial charge in [-0.3, -0.25) is 0 Å². The second kappa shape index (κ2) is 9.20. The zero-order valence-corrected chi connectivity index (χ0v) is 18.9. The van der Waals surface area contributed by atoms with E-state index >= 15 is 0 Å². The van der Waals surface area contributed by atoms with Crippen LogP contribution >= 0.6 is 12.4 Å². The van der Waals surface area contributed by atoms with Crippen LogP contribution in [-0.2, 0) is 22.7 Å². The molecule has 0 saturated carbocycles. The average Bonchev–Trinajstić information content (AvgIpc) is 3.31. The molecule has 1 aliphatic rings. The van der Waals surface area contributed by atoms with Gasteiger partial charge in [-0.15, -0.1) is 12.4 Å². The van der Waals surface area contributed by atoms with E-state index < -0.39 is 0 Å². The fraction of sp³-hybridized carbons (Fsp3) is 0.455. The fourth-order valence-corrected chi connectivity index (χ4v) is 3.92. The Bertz CT molecular complexity index is 1050. The van der Waals surface area contributed by atoms with Crippen molar-refractivity contribution in [2.24, 2.45) is 0 Å². The number of halogens is 1. The first-order valence-electron chi connectivity index (χ1n) is 9.96. The highest BCUT2D eigenvalue weighted by Crippen LogP contribution is 2.36. The van der Waals surface area contributed by atoms with Crippen molar-refractivity contribution in [1.82, 2.24) is 14.6 Å². The van der Waals surface area contributed by atoms with E-state index in [2.05, 4.69) is 25.2 Å². The number of hydrogen-bond donors (Lipinski definition) is 1. The largest absolute Gasteiger partial charge is 0.497 e. The maximum atomic E-state index is 5.71. The molecular weight excluding hydrogens is 404 g/mol. The van der Waals surface area contributed by atoms with Crippen LogP contribution in [0.3, 0.4) is 0 Å². The normalized spacial score (nSPS) is 13.8. The lowest BCUT2D eigenvalue weighted by Gasteiger charge is -2.20. The summed E-state index contributed by atoms with van der Waals surface area (Å²) in [7, 11) is 3.41. The van der Waals surface area contributed by atoms with E-state index in [9.17, 15) is 0 Å². The summed E-state index contributed by atoms with van der Waals surface area (Å²) in [5.74, 6) is 1.79. The SMILES string of the molecule is CC[C@H](COC)Nc1c2c(nc3c(-c4ccc(OC)cc4C)c(C)nn13)COC2.Cl. The van der Waals surface area contributed by atoms with Gasteiger partial charge in [-0.05, 0) is 43.5 Å². The van der Waals surface area contributed by atoms with E-state index in [1.165, 1.54) is 0 Å². The lowest BCUT2D eigenvalue weighted by molar-refractivity contribution is 0.133. The number of anilines is 1. The van der Waals surface area contributed by atoms with Crippen molar-refractivity contribution in [3.05, 3.63) is 40.7 Å². The fourth-order valence-electron chi connectivity index (χ4n) is 3.92. The molecule has 0 spiro atoms. The monoisotopic (exact) mass is 432 g/mol. The van der Waals surface area contributed by atoms with Gasteiger partial charge in [-0.1, -0.05) is 13.0 Å². The zero-order chi connectivity index (χ0) is 20.5. The van der Waals surface area contributed by atoms with Gasteiger partial charge < -0.3 is 19.5 Å². The second-order valence-corrected chi connectivity index (χ2v) is 7.46. The van der Waals surface area contributed by atoms with E-state index in [1.807, 2.05) is 23.6 Å². The topological polar surface area (TPSA) is 69.9 Å². The molecule has 0 radical (unpaired) electrons. The van der Waals surface area contributed by atoms with Gasteiger partial charge in [0.15, 0.2) is 5.65 Å². The van der Waals surface area contributed by atoms with Crippen molar-refractivity contribution in [2.75, 3.05) is 26.1 Å². The Morgan fingerprint density at radius 2 is 2.03 bits per heavy atom. The van der Waals surface area contributed by atoms with Crippen LogP contribution in [0.4, 0.5) is 5.82 Å². The van der Waals surface area contributed by atoms with E-state index in [-0.39, 0.29) is 18.4 Å². The number of benzene rings is 1. The van der Waals surface area contributed by atoms with Crippen LogP contribution in [-0.4, -0.2) is 41.5 Å². The average molecular weight is 433 g/mol. The Morgan fingerprint density at radius 3 is 2.70 bits per heavy atom. The highest BCUT2D eigenvalue weighted by molar-refractivity contribution is 5.85. The van der Waals surface area contributed by atoms with Crippen LogP contribution in [0.25, 0.3) is 16.8 Å². The minimum Gasteiger partial charge on any atom is -0.497 e. The van der Waals surface area contributed by atoms with Gasteiger partial charge in [0, 0.05) is 18.2 Å². The molecule has 7 nitrogen and oxygen atoms in total. The van der Waals surface area contributed by atoms with Gasteiger partial charge >= 0.3 is 0 Å². The molecule has 0 bridgehead atoms. The van der Waals surface area contributed by atoms with Crippen LogP contribution < -0.4 is 10.1 Å². The molecule has 0 fully saturated rings. The van der Waals surface area contributed by atoms with Crippen LogP contribution in [0.1, 0.15) is 35.9 Å². The number of aryl methyl sites for hydroxylation is 2. The summed E-state index contributed by atoms with van der Waals surface area (Å²) in [5.41, 5.74) is 7.11. The van der Waals surface area contributed by atoms with Crippen molar-refractivity contribution >= 4 is 23.9 Å². The number of nitrogens with one attached hydrogen (secondary N) is 1. The van der Waals surface area contributed by atoms with Gasteiger partial charge in [-0.25, -0.2) is 4.98 Å². The summed E-state index contributed by atoms with van der Waals surface area (Å²) >= 11 is 0. The van der Waals surface area contributed by atoms with Gasteiger partial charge in [0.1, 0.15) is 11.6 Å². The maximum Gasteiger partial charge on any atom is 0.165 e. The number of nitrogens with zero attached hydrogens (tertiary/aromatic N) is 3. The highest BCUT2D eigenvalue weighted by Gasteiger charge is 2.26. The molecule has 0 amide bonds. The zero-order valence-electron chi connectivity index (χ0n) is 18.1. The molecule has 8 heteroatoms. The minimum absolute atomic E-state index is 0. The number of rotatable bonds is 7. The molecular formula is C22H29ClN4O3. The summed E-state index contributed by atoms with van der Waals surface area (Å²) in [6.07, 6.45) is 0.942. The molecule has 1 N–H and O–H groups in total. The first-order chi connectivity index (χ1) is 14.1. The van der Waals surface area contributed by atoms with Crippen LogP contribution in [0, 0.1) is 13.8 Å². The molecule has 162 valence electrons. The molecule has 4 rings (SSSR count). The summed E-state index contributed by atoms with van der Waals surface area (Å²) in [5, 5.41) is 8.50. The Labute approximate surface area is 183 Å². The van der Waals surface area contributed by atoms with Crippen molar-refractivity contribution in [3.63, 3.8) is 0 Å². The molecule has 0 saturated heterocycles. The van der Waals surface area contributed by atoms with E-state index in [0.717, 1.165) is 57.3 Å². The number of ether oxygens (including phenoxy) is 3. The van der Waals surface area contributed by atoms with Gasteiger partial charge in [-0.2, -0.15) is 9.61 Å². The minimum atomic E-state index is 0. The molecule has 0 aliphatic carbocycles. The number of fused-ring (bicyclic) bond motifs is 2. The van der Waals surface area contributed by atoms with Crippen LogP contribution in [0.2, 0.25) is 0 Å². The molecule has 3 aromatic rings. The van der Waals surface area contributed by atoms with E-state index in [4.69, 9.17) is 24.3 Å². The lowest BCUT2D eigenvalue weighted by Crippen LogP contribution is -2.26. The third-order valence-electron chi connectivity index (χ3n) is 5.51. The maximum absolute atomic E-state index is 5.71. The first-order valence-corrected chi connectivity index (χ1v) is 9.96. The molecule has 1 aliphatic heterocycles. The molecule has 30 heavy (non-hydrogen) atoms. The predicted octanol–water partition coefficient (Wildman–Crippen LogP) is 4.31. The van der Waals surface area contributed by atoms with E-state index in [1.54, 1.807) is 14.2 Å². The van der Waals surface area contributed by atoms with Gasteiger partial charge in [0.2, 0.25) is 0 Å². The lowest BCUT2D eigenvalue weighted by atomic mass is 10.0. The molecule has 1 atom stereocenters. The number of hydrogen-bond acceptors (Lipinski definition) is 6. The third kappa shape index (κ3) is 3.85. The van der Waals surface area contributed by atoms with Crippen molar-refractivity contribution in [3.8, 4) is 16.9 Å². The Hall–Kier alpha value is -2.35. The van der Waals surface area contributed by atoms with Crippen molar-refractivity contribution in [2.45, 2.75) is 46.4 Å². The van der Waals surface area contributed by atoms with Crippen molar-refractivity contribution < 1.29 is 14.2 Å². The smallest absolute Gasteiger partial charge is 0.165 e. The first kappa shape index (κ1) is 22.3. The Kier molecular flexibility index (Phi) is 6.85. The molecule has 2 aromatic heterocycles. The summed E-state index contributed by atoms with van der Waals surface area (Å²) in [6.45, 7) is 7.95. The quantitative estimate of drug-likeness (QED) is 0.599. The summed E-state index contributed by atoms with van der Waals surface area (Å²) in [4.78, 5) is 4.95. The molecule has 3 heterocycles. The Balaban J connectivity index is 0.00000256. The second-order valence-electron chi connectivity index (χ2n) is 7.46.